The summed E-state index contributed by atoms with van der Waals surface area (Å²) in [5, 5.41) is 13.3. The van der Waals surface area contributed by atoms with Crippen molar-refractivity contribution in [1.82, 2.24) is 0 Å². The molecule has 0 aliphatic carbocycles. The highest BCUT2D eigenvalue weighted by Gasteiger charge is 2.15. The number of furan rings is 1. The van der Waals surface area contributed by atoms with E-state index < -0.39 is 0 Å². The molecular formula is C36H23NO. The molecule has 0 bridgehead atoms. The molecule has 0 saturated heterocycles. The summed E-state index contributed by atoms with van der Waals surface area (Å²) in [6, 6.07) is 47.4. The van der Waals surface area contributed by atoms with Gasteiger partial charge in [0.25, 0.3) is 0 Å². The third-order valence-corrected chi connectivity index (χ3v) is 7.57. The van der Waals surface area contributed by atoms with Gasteiger partial charge < -0.3 is 9.73 Å². The van der Waals surface area contributed by atoms with Gasteiger partial charge in [-0.1, -0.05) is 97.1 Å². The Bertz CT molecular complexity index is 2170. The molecule has 0 spiro atoms. The predicted molar refractivity (Wildman–Crippen MR) is 161 cm³/mol. The van der Waals surface area contributed by atoms with Gasteiger partial charge in [-0.15, -0.1) is 0 Å². The number of hydrogen-bond donors (Lipinski definition) is 1. The molecule has 1 aromatic heterocycles. The van der Waals surface area contributed by atoms with E-state index in [4.69, 9.17) is 4.42 Å². The van der Waals surface area contributed by atoms with Gasteiger partial charge in [-0.05, 0) is 79.8 Å². The minimum absolute atomic E-state index is 0.886. The number of rotatable bonds is 3. The number of nitrogens with one attached hydrogen (secondary N) is 1. The number of benzene rings is 7. The van der Waals surface area contributed by atoms with Crippen LogP contribution in [0.4, 0.5) is 11.4 Å². The molecule has 178 valence electrons. The SMILES string of the molecule is c1ccc2cc(-c3ccc4cc(Nc5cc6ccccc6c6c5oc5ccccc56)ccc4c3)ccc2c1. The van der Waals surface area contributed by atoms with E-state index >= 15 is 0 Å². The Labute approximate surface area is 219 Å². The lowest BCUT2D eigenvalue weighted by Crippen LogP contribution is -1.92. The number of anilines is 2. The van der Waals surface area contributed by atoms with Crippen molar-refractivity contribution in [3.63, 3.8) is 0 Å². The van der Waals surface area contributed by atoms with Gasteiger partial charge in [-0.25, -0.2) is 0 Å². The maximum absolute atomic E-state index is 6.38. The minimum Gasteiger partial charge on any atom is -0.454 e. The standard InChI is InChI=1S/C36H23NO/c1-2-8-24-19-25(14-13-23(24)7-1)26-15-16-28-21-30(18-17-27(28)20-26)37-33-22-29-9-3-4-10-31(29)35-32-11-5-6-12-34(32)38-36(33)35/h1-22,37H. The monoisotopic (exact) mass is 485 g/mol. The molecule has 0 fully saturated rings. The summed E-state index contributed by atoms with van der Waals surface area (Å²) >= 11 is 0. The summed E-state index contributed by atoms with van der Waals surface area (Å²) in [4.78, 5) is 0. The van der Waals surface area contributed by atoms with Crippen LogP contribution in [0.3, 0.4) is 0 Å². The van der Waals surface area contributed by atoms with Gasteiger partial charge in [0.15, 0.2) is 5.58 Å². The second-order valence-electron chi connectivity index (χ2n) is 9.91. The summed E-state index contributed by atoms with van der Waals surface area (Å²) in [5.41, 5.74) is 6.26. The zero-order chi connectivity index (χ0) is 25.1. The molecule has 0 aliphatic rings. The highest BCUT2D eigenvalue weighted by Crippen LogP contribution is 2.40. The number of hydrogen-bond acceptors (Lipinski definition) is 2. The van der Waals surface area contributed by atoms with Crippen LogP contribution in [0.1, 0.15) is 0 Å². The van der Waals surface area contributed by atoms with E-state index in [1.807, 2.05) is 12.1 Å². The van der Waals surface area contributed by atoms with Crippen molar-refractivity contribution in [3.8, 4) is 11.1 Å². The topological polar surface area (TPSA) is 25.2 Å². The van der Waals surface area contributed by atoms with Crippen molar-refractivity contribution in [2.24, 2.45) is 0 Å². The van der Waals surface area contributed by atoms with Gasteiger partial charge in [0.2, 0.25) is 0 Å². The van der Waals surface area contributed by atoms with Gasteiger partial charge in [0.1, 0.15) is 5.58 Å². The fourth-order valence-electron chi connectivity index (χ4n) is 5.69. The van der Waals surface area contributed by atoms with Crippen molar-refractivity contribution < 1.29 is 4.42 Å². The first-order chi connectivity index (χ1) is 18.8. The molecule has 2 nitrogen and oxygen atoms in total. The molecule has 0 atom stereocenters. The van der Waals surface area contributed by atoms with E-state index in [9.17, 15) is 0 Å². The third kappa shape index (κ3) is 3.35. The van der Waals surface area contributed by atoms with Crippen LogP contribution in [-0.4, -0.2) is 0 Å². The van der Waals surface area contributed by atoms with Crippen LogP contribution in [0.15, 0.2) is 138 Å². The first kappa shape index (κ1) is 21.0. The molecule has 0 aliphatic heterocycles. The van der Waals surface area contributed by atoms with Gasteiger partial charge >= 0.3 is 0 Å². The van der Waals surface area contributed by atoms with Crippen LogP contribution in [0.5, 0.6) is 0 Å². The fraction of sp³-hybridized carbons (Fsp3) is 0. The first-order valence-electron chi connectivity index (χ1n) is 12.9. The largest absolute Gasteiger partial charge is 0.454 e. The van der Waals surface area contributed by atoms with Crippen molar-refractivity contribution in [2.75, 3.05) is 5.32 Å². The quantitative estimate of drug-likeness (QED) is 0.269. The molecule has 0 saturated carbocycles. The maximum atomic E-state index is 6.38. The molecule has 0 radical (unpaired) electrons. The Balaban J connectivity index is 1.21. The van der Waals surface area contributed by atoms with Crippen LogP contribution in [0.25, 0.3) is 65.4 Å². The molecule has 2 heteroatoms. The Morgan fingerprint density at radius 2 is 1.05 bits per heavy atom. The van der Waals surface area contributed by atoms with E-state index in [0.29, 0.717) is 0 Å². The van der Waals surface area contributed by atoms with E-state index in [1.54, 1.807) is 0 Å². The first-order valence-corrected chi connectivity index (χ1v) is 12.9. The fourth-order valence-corrected chi connectivity index (χ4v) is 5.69. The summed E-state index contributed by atoms with van der Waals surface area (Å²) in [6.07, 6.45) is 0. The summed E-state index contributed by atoms with van der Waals surface area (Å²) in [6.45, 7) is 0. The molecule has 1 N–H and O–H groups in total. The lowest BCUT2D eigenvalue weighted by Gasteiger charge is -2.11. The molecule has 8 aromatic rings. The minimum atomic E-state index is 0.886. The molecular weight excluding hydrogens is 462 g/mol. The molecule has 0 unspecified atom stereocenters. The zero-order valence-corrected chi connectivity index (χ0v) is 20.6. The average Bonchev–Trinajstić information content (AvgIpc) is 3.37. The smallest absolute Gasteiger partial charge is 0.159 e. The zero-order valence-electron chi connectivity index (χ0n) is 20.6. The molecule has 0 amide bonds. The van der Waals surface area contributed by atoms with E-state index in [1.165, 1.54) is 43.4 Å². The van der Waals surface area contributed by atoms with Gasteiger partial charge in [-0.2, -0.15) is 0 Å². The lowest BCUT2D eigenvalue weighted by atomic mass is 9.98. The van der Waals surface area contributed by atoms with E-state index in [2.05, 4.69) is 127 Å². The second kappa shape index (κ2) is 8.22. The van der Waals surface area contributed by atoms with Gasteiger partial charge in [-0.3, -0.25) is 0 Å². The van der Waals surface area contributed by atoms with Crippen LogP contribution in [0, 0.1) is 0 Å². The Morgan fingerprint density at radius 1 is 0.447 bits per heavy atom. The Kier molecular flexibility index (Phi) is 4.55. The van der Waals surface area contributed by atoms with Crippen molar-refractivity contribution in [1.29, 1.82) is 0 Å². The Morgan fingerprint density at radius 3 is 1.89 bits per heavy atom. The van der Waals surface area contributed by atoms with Crippen molar-refractivity contribution >= 4 is 65.6 Å². The molecule has 8 rings (SSSR count). The molecule has 7 aromatic carbocycles. The van der Waals surface area contributed by atoms with Crippen LogP contribution >= 0.6 is 0 Å². The van der Waals surface area contributed by atoms with Crippen LogP contribution < -0.4 is 5.32 Å². The van der Waals surface area contributed by atoms with Gasteiger partial charge in [0.05, 0.1) is 5.69 Å². The lowest BCUT2D eigenvalue weighted by molar-refractivity contribution is 0.670. The van der Waals surface area contributed by atoms with E-state index in [0.717, 1.165) is 33.3 Å². The van der Waals surface area contributed by atoms with E-state index in [-0.39, 0.29) is 0 Å². The highest BCUT2D eigenvalue weighted by atomic mass is 16.3. The van der Waals surface area contributed by atoms with Crippen LogP contribution in [0.2, 0.25) is 0 Å². The summed E-state index contributed by atoms with van der Waals surface area (Å²) in [5.74, 6) is 0. The third-order valence-electron chi connectivity index (χ3n) is 7.57. The normalized spacial score (nSPS) is 11.7. The predicted octanol–water partition coefficient (Wildman–Crippen LogP) is 10.5. The molecule has 1 heterocycles. The number of para-hydroxylation sites is 1. The maximum Gasteiger partial charge on any atom is 0.159 e. The average molecular weight is 486 g/mol. The van der Waals surface area contributed by atoms with Gasteiger partial charge in [0, 0.05) is 16.5 Å². The summed E-state index contributed by atoms with van der Waals surface area (Å²) in [7, 11) is 0. The second-order valence-corrected chi connectivity index (χ2v) is 9.91. The summed E-state index contributed by atoms with van der Waals surface area (Å²) < 4.78 is 6.38. The Hall–Kier alpha value is -5.08. The van der Waals surface area contributed by atoms with Crippen LogP contribution in [-0.2, 0) is 0 Å². The number of fused-ring (bicyclic) bond motifs is 7. The van der Waals surface area contributed by atoms with Crippen molar-refractivity contribution in [3.05, 3.63) is 133 Å². The highest BCUT2D eigenvalue weighted by molar-refractivity contribution is 6.22. The molecule has 38 heavy (non-hydrogen) atoms. The van der Waals surface area contributed by atoms with Crippen molar-refractivity contribution in [2.45, 2.75) is 0 Å².